The zero-order valence-electron chi connectivity index (χ0n) is 10.9. The van der Waals surface area contributed by atoms with Crippen molar-refractivity contribution in [2.75, 3.05) is 0 Å². The predicted molar refractivity (Wildman–Crippen MR) is 76.8 cm³/mol. The van der Waals surface area contributed by atoms with Gasteiger partial charge in [-0.1, -0.05) is 25.3 Å². The van der Waals surface area contributed by atoms with Crippen LogP contribution in [0.3, 0.4) is 0 Å². The summed E-state index contributed by atoms with van der Waals surface area (Å²) >= 11 is 0. The molecule has 0 atom stereocenters. The second kappa shape index (κ2) is 4.34. The van der Waals surface area contributed by atoms with Gasteiger partial charge in [-0.15, -0.1) is 0 Å². The Kier molecular flexibility index (Phi) is 2.73. The maximum Gasteiger partial charge on any atom is 0.207 e. The molecular weight excluding hydrogens is 276 g/mol. The Morgan fingerprint density at radius 1 is 0.857 bits per heavy atom. The van der Waals surface area contributed by atoms with Gasteiger partial charge in [0.05, 0.1) is 16.5 Å². The fourth-order valence-corrected chi connectivity index (χ4v) is 2.41. The molecule has 0 fully saturated rings. The van der Waals surface area contributed by atoms with Crippen molar-refractivity contribution in [3.8, 4) is 17.4 Å². The SMILES string of the molecule is C=c1ccc(=C)c2c(O)n(-c3ccc(F)cc3F)c(O)c12. The summed E-state index contributed by atoms with van der Waals surface area (Å²) in [6.07, 6.45) is 0. The van der Waals surface area contributed by atoms with Crippen LogP contribution in [-0.2, 0) is 0 Å². The molecule has 5 heteroatoms. The van der Waals surface area contributed by atoms with E-state index in [1.54, 1.807) is 12.1 Å². The normalized spacial score (nSPS) is 11.1. The van der Waals surface area contributed by atoms with Gasteiger partial charge in [-0.25, -0.2) is 13.3 Å². The molecule has 1 heterocycles. The van der Waals surface area contributed by atoms with Crippen molar-refractivity contribution in [1.82, 2.24) is 4.57 Å². The van der Waals surface area contributed by atoms with Crippen LogP contribution >= 0.6 is 0 Å². The van der Waals surface area contributed by atoms with Crippen molar-refractivity contribution in [2.45, 2.75) is 0 Å². The molecule has 0 aliphatic heterocycles. The lowest BCUT2D eigenvalue weighted by Gasteiger charge is -2.07. The Labute approximate surface area is 118 Å². The van der Waals surface area contributed by atoms with Crippen LogP contribution in [0.15, 0.2) is 30.3 Å². The number of halogens is 2. The third kappa shape index (κ3) is 1.78. The largest absolute Gasteiger partial charge is 0.494 e. The summed E-state index contributed by atoms with van der Waals surface area (Å²) in [6.45, 7) is 7.54. The zero-order valence-corrected chi connectivity index (χ0v) is 10.9. The van der Waals surface area contributed by atoms with Crippen molar-refractivity contribution in [3.63, 3.8) is 0 Å². The second-order valence-corrected chi connectivity index (χ2v) is 4.71. The highest BCUT2D eigenvalue weighted by molar-refractivity contribution is 5.94. The van der Waals surface area contributed by atoms with Crippen LogP contribution in [-0.4, -0.2) is 14.8 Å². The molecule has 21 heavy (non-hydrogen) atoms. The lowest BCUT2D eigenvalue weighted by atomic mass is 10.1. The minimum absolute atomic E-state index is 0.165. The first-order valence-electron chi connectivity index (χ1n) is 6.10. The molecule has 0 aliphatic carbocycles. The molecule has 3 rings (SSSR count). The predicted octanol–water partition coefficient (Wildman–Crippen LogP) is 2.14. The first-order valence-corrected chi connectivity index (χ1v) is 6.10. The number of nitrogens with zero attached hydrogens (tertiary/aromatic N) is 1. The van der Waals surface area contributed by atoms with Crippen LogP contribution in [0.5, 0.6) is 11.8 Å². The van der Waals surface area contributed by atoms with Crippen molar-refractivity contribution < 1.29 is 19.0 Å². The molecule has 0 amide bonds. The van der Waals surface area contributed by atoms with Gasteiger partial charge in [0, 0.05) is 6.07 Å². The minimum atomic E-state index is -0.905. The van der Waals surface area contributed by atoms with Gasteiger partial charge in [0.1, 0.15) is 11.6 Å². The summed E-state index contributed by atoms with van der Waals surface area (Å²) in [5, 5.41) is 22.1. The first kappa shape index (κ1) is 13.2. The fraction of sp³-hybridized carbons (Fsp3) is 0. The molecule has 3 nitrogen and oxygen atoms in total. The van der Waals surface area contributed by atoms with Gasteiger partial charge in [-0.3, -0.25) is 0 Å². The molecule has 0 bridgehead atoms. The molecule has 0 unspecified atom stereocenters. The van der Waals surface area contributed by atoms with Crippen LogP contribution in [0.4, 0.5) is 8.78 Å². The third-order valence-corrected chi connectivity index (χ3v) is 3.40. The molecule has 3 aromatic rings. The Morgan fingerprint density at radius 2 is 1.38 bits per heavy atom. The van der Waals surface area contributed by atoms with Gasteiger partial charge < -0.3 is 10.2 Å². The number of benzene rings is 2. The van der Waals surface area contributed by atoms with E-state index in [4.69, 9.17) is 0 Å². The molecule has 0 saturated carbocycles. The van der Waals surface area contributed by atoms with Gasteiger partial charge in [0.15, 0.2) is 0 Å². The van der Waals surface area contributed by atoms with Crippen molar-refractivity contribution in [1.29, 1.82) is 0 Å². The average Bonchev–Trinajstić information content (AvgIpc) is 2.68. The molecule has 0 spiro atoms. The summed E-state index contributed by atoms with van der Waals surface area (Å²) in [4.78, 5) is 0. The minimum Gasteiger partial charge on any atom is -0.494 e. The maximum atomic E-state index is 13.9. The van der Waals surface area contributed by atoms with Gasteiger partial charge in [0.2, 0.25) is 11.8 Å². The lowest BCUT2D eigenvalue weighted by molar-refractivity contribution is 0.402. The van der Waals surface area contributed by atoms with E-state index in [-0.39, 0.29) is 28.2 Å². The molecular formula is C16H11F2NO2. The number of aromatic nitrogens is 1. The average molecular weight is 287 g/mol. The quantitative estimate of drug-likeness (QED) is 0.720. The summed E-state index contributed by atoms with van der Waals surface area (Å²) < 4.78 is 27.8. The molecule has 0 saturated heterocycles. The van der Waals surface area contributed by atoms with E-state index in [1.165, 1.54) is 0 Å². The van der Waals surface area contributed by atoms with E-state index in [2.05, 4.69) is 13.2 Å². The molecule has 0 radical (unpaired) electrons. The monoisotopic (exact) mass is 287 g/mol. The second-order valence-electron chi connectivity index (χ2n) is 4.71. The van der Waals surface area contributed by atoms with Gasteiger partial charge in [0.25, 0.3) is 0 Å². The van der Waals surface area contributed by atoms with Gasteiger partial charge >= 0.3 is 0 Å². The highest BCUT2D eigenvalue weighted by Crippen LogP contribution is 2.36. The summed E-state index contributed by atoms with van der Waals surface area (Å²) in [5.41, 5.74) is -0.165. The molecule has 2 N–H and O–H groups in total. The van der Waals surface area contributed by atoms with E-state index in [0.29, 0.717) is 16.5 Å². The van der Waals surface area contributed by atoms with Crippen LogP contribution < -0.4 is 10.4 Å². The number of hydrogen-bond acceptors (Lipinski definition) is 2. The lowest BCUT2D eigenvalue weighted by Crippen LogP contribution is -2.06. The van der Waals surface area contributed by atoms with Crippen molar-refractivity contribution in [2.24, 2.45) is 0 Å². The molecule has 106 valence electrons. The smallest absolute Gasteiger partial charge is 0.207 e. The van der Waals surface area contributed by atoms with E-state index in [0.717, 1.165) is 16.7 Å². The zero-order chi connectivity index (χ0) is 15.3. The first-order chi connectivity index (χ1) is 9.91. The van der Waals surface area contributed by atoms with Gasteiger partial charge in [-0.2, -0.15) is 0 Å². The highest BCUT2D eigenvalue weighted by Gasteiger charge is 2.20. The van der Waals surface area contributed by atoms with E-state index in [1.807, 2.05) is 0 Å². The Hall–Kier alpha value is -2.82. The Morgan fingerprint density at radius 3 is 1.86 bits per heavy atom. The van der Waals surface area contributed by atoms with E-state index in [9.17, 15) is 19.0 Å². The van der Waals surface area contributed by atoms with Crippen molar-refractivity contribution in [3.05, 3.63) is 52.4 Å². The number of fused-ring (bicyclic) bond motifs is 1. The number of aromatic hydroxyl groups is 2. The van der Waals surface area contributed by atoms with Crippen LogP contribution in [0, 0.1) is 11.6 Å². The molecule has 1 aromatic heterocycles. The summed E-state index contributed by atoms with van der Waals surface area (Å²) in [5.74, 6) is -2.40. The van der Waals surface area contributed by atoms with Crippen LogP contribution in [0.25, 0.3) is 29.6 Å². The molecule has 2 aromatic carbocycles. The Balaban J connectivity index is 2.50. The fourth-order valence-electron chi connectivity index (χ4n) is 2.41. The van der Waals surface area contributed by atoms with Crippen molar-refractivity contribution >= 4 is 23.9 Å². The van der Waals surface area contributed by atoms with Crippen LogP contribution in [0.1, 0.15) is 0 Å². The highest BCUT2D eigenvalue weighted by atomic mass is 19.1. The topological polar surface area (TPSA) is 45.4 Å². The molecule has 0 aliphatic rings. The maximum absolute atomic E-state index is 13.9. The Bertz CT molecular complexity index is 923. The third-order valence-electron chi connectivity index (χ3n) is 3.40. The van der Waals surface area contributed by atoms with E-state index >= 15 is 0 Å². The number of hydrogen-bond donors (Lipinski definition) is 2. The van der Waals surface area contributed by atoms with Gasteiger partial charge in [-0.05, 0) is 22.6 Å². The van der Waals surface area contributed by atoms with E-state index < -0.39 is 11.6 Å². The van der Waals surface area contributed by atoms with Crippen LogP contribution in [0.2, 0.25) is 0 Å². The summed E-state index contributed by atoms with van der Waals surface area (Å²) in [7, 11) is 0. The standard InChI is InChI=1S/C16H11F2NO2/c1-8-3-4-9(2)14-13(8)15(20)19(16(14)21)12-6-5-10(17)7-11(12)18/h3-7,20-21H,1-2H2. The number of rotatable bonds is 1. The summed E-state index contributed by atoms with van der Waals surface area (Å²) in [6, 6.07) is 6.12.